The number of rotatable bonds is 8. The molecule has 4 rings (SSSR count). The monoisotopic (exact) mass is 576 g/mol. The number of methoxy groups -OCH3 is 1. The third-order valence-electron chi connectivity index (χ3n) is 5.92. The van der Waals surface area contributed by atoms with Crippen molar-refractivity contribution in [3.8, 4) is 11.4 Å². The largest absolute Gasteiger partial charge is 0.467 e. The van der Waals surface area contributed by atoms with Gasteiger partial charge in [-0.15, -0.1) is 5.10 Å². The van der Waals surface area contributed by atoms with Crippen LogP contribution >= 0.6 is 11.6 Å². The predicted octanol–water partition coefficient (Wildman–Crippen LogP) is 4.60. The van der Waals surface area contributed by atoms with Gasteiger partial charge < -0.3 is 10.1 Å². The fourth-order valence-corrected chi connectivity index (χ4v) is 4.15. The van der Waals surface area contributed by atoms with E-state index in [1.165, 1.54) is 24.3 Å². The Labute approximate surface area is 229 Å². The van der Waals surface area contributed by atoms with Crippen LogP contribution < -0.4 is 11.0 Å². The first-order valence-corrected chi connectivity index (χ1v) is 12.1. The number of nitrogens with one attached hydrogen (secondary N) is 1. The molecule has 0 aliphatic rings. The molecule has 13 heteroatoms. The van der Waals surface area contributed by atoms with Gasteiger partial charge in [0.1, 0.15) is 12.4 Å². The Morgan fingerprint density at radius 1 is 1.02 bits per heavy atom. The number of carbonyl (C=O) groups excluding carboxylic acids is 2. The number of hydrogen-bond acceptors (Lipinski definition) is 5. The number of aromatic nitrogens is 3. The highest BCUT2D eigenvalue weighted by Crippen LogP contribution is 2.35. The molecule has 1 N–H and O–H groups in total. The van der Waals surface area contributed by atoms with Crippen LogP contribution in [0.1, 0.15) is 22.7 Å². The third kappa shape index (κ3) is 6.23. The number of carbonyl (C=O) groups is 2. The van der Waals surface area contributed by atoms with Crippen molar-refractivity contribution >= 4 is 23.5 Å². The van der Waals surface area contributed by atoms with Crippen LogP contribution in [0.4, 0.5) is 17.6 Å². The van der Waals surface area contributed by atoms with Crippen molar-refractivity contribution in [2.24, 2.45) is 0 Å². The Bertz CT molecular complexity index is 1600. The summed E-state index contributed by atoms with van der Waals surface area (Å²) < 4.78 is 61.7. The van der Waals surface area contributed by atoms with Gasteiger partial charge >= 0.3 is 17.8 Å². The quantitative estimate of drug-likeness (QED) is 0.244. The highest BCUT2D eigenvalue weighted by molar-refractivity contribution is 6.30. The van der Waals surface area contributed by atoms with E-state index in [1.54, 1.807) is 30.3 Å². The summed E-state index contributed by atoms with van der Waals surface area (Å²) in [5.41, 5.74) is -1.85. The smallest absolute Gasteiger partial charge is 0.416 e. The summed E-state index contributed by atoms with van der Waals surface area (Å²) in [6.07, 6.45) is -4.82. The molecule has 1 aromatic heterocycles. The summed E-state index contributed by atoms with van der Waals surface area (Å²) in [4.78, 5) is 38.7. The van der Waals surface area contributed by atoms with Gasteiger partial charge in [0.05, 0.1) is 19.2 Å². The molecule has 1 heterocycles. The Hall–Kier alpha value is -4.45. The fraction of sp³-hybridized carbons (Fsp3) is 0.185. The second-order valence-electron chi connectivity index (χ2n) is 8.56. The average Bonchev–Trinajstić information content (AvgIpc) is 3.22. The van der Waals surface area contributed by atoms with Crippen molar-refractivity contribution in [1.82, 2.24) is 19.7 Å². The first kappa shape index (κ1) is 28.6. The van der Waals surface area contributed by atoms with Gasteiger partial charge in [-0.05, 0) is 42.0 Å². The molecule has 40 heavy (non-hydrogen) atoms. The fourth-order valence-electron chi connectivity index (χ4n) is 4.03. The standard InChI is InChI=1S/C27H21ClF4N4O4/c1-40-25(38)23(19-7-3-4-8-20(19)27(30,31)32)33-22(37)15-36-26(39)35(14-17-6-2-5-9-21(17)29)24(34-36)16-10-12-18(28)13-11-16/h2-13,23H,14-15H2,1H3,(H,33,37). The van der Waals surface area contributed by atoms with E-state index < -0.39 is 53.3 Å². The highest BCUT2D eigenvalue weighted by atomic mass is 35.5. The molecule has 0 radical (unpaired) electrons. The molecular weight excluding hydrogens is 556 g/mol. The maximum atomic E-state index is 14.4. The van der Waals surface area contributed by atoms with Crippen LogP contribution in [0.15, 0.2) is 77.6 Å². The Kier molecular flexibility index (Phi) is 8.38. The van der Waals surface area contributed by atoms with Gasteiger partial charge in [-0.2, -0.15) is 13.2 Å². The number of ether oxygens (including phenoxy) is 1. The van der Waals surface area contributed by atoms with E-state index in [9.17, 15) is 31.9 Å². The first-order valence-electron chi connectivity index (χ1n) is 11.7. The molecule has 4 aromatic rings. The first-order chi connectivity index (χ1) is 19.0. The SMILES string of the molecule is COC(=O)C(NC(=O)Cn1nc(-c2ccc(Cl)cc2)n(Cc2ccccc2F)c1=O)c1ccccc1C(F)(F)F. The van der Waals surface area contributed by atoms with Crippen LogP contribution in [0, 0.1) is 5.82 Å². The molecule has 0 fully saturated rings. The zero-order chi connectivity index (χ0) is 29.0. The van der Waals surface area contributed by atoms with Gasteiger partial charge in [-0.3, -0.25) is 9.36 Å². The van der Waals surface area contributed by atoms with Crippen molar-refractivity contribution in [2.75, 3.05) is 7.11 Å². The van der Waals surface area contributed by atoms with Crippen molar-refractivity contribution in [1.29, 1.82) is 0 Å². The van der Waals surface area contributed by atoms with Crippen LogP contribution in [0.2, 0.25) is 5.02 Å². The van der Waals surface area contributed by atoms with Crippen molar-refractivity contribution in [3.05, 3.63) is 111 Å². The van der Waals surface area contributed by atoms with Crippen LogP contribution in [0.5, 0.6) is 0 Å². The number of amides is 1. The summed E-state index contributed by atoms with van der Waals surface area (Å²) in [6.45, 7) is -0.986. The minimum atomic E-state index is -4.82. The molecule has 0 saturated heterocycles. The van der Waals surface area contributed by atoms with Gasteiger partial charge in [-0.1, -0.05) is 48.0 Å². The Balaban J connectivity index is 1.69. The lowest BCUT2D eigenvalue weighted by Crippen LogP contribution is -2.39. The number of nitrogens with zero attached hydrogens (tertiary/aromatic N) is 3. The molecule has 3 aromatic carbocycles. The van der Waals surface area contributed by atoms with Gasteiger partial charge in [0.25, 0.3) is 0 Å². The lowest BCUT2D eigenvalue weighted by molar-refractivity contribution is -0.147. The second kappa shape index (κ2) is 11.7. The molecule has 208 valence electrons. The number of halogens is 5. The van der Waals surface area contributed by atoms with Gasteiger partial charge in [0, 0.05) is 16.1 Å². The van der Waals surface area contributed by atoms with Gasteiger partial charge in [-0.25, -0.2) is 18.7 Å². The number of esters is 1. The molecule has 1 amide bonds. The van der Waals surface area contributed by atoms with Crippen molar-refractivity contribution in [2.45, 2.75) is 25.3 Å². The van der Waals surface area contributed by atoms with Crippen LogP contribution in [0.3, 0.4) is 0 Å². The minimum absolute atomic E-state index is 0.0876. The molecule has 0 saturated carbocycles. The van der Waals surface area contributed by atoms with E-state index in [0.29, 0.717) is 10.6 Å². The zero-order valence-electron chi connectivity index (χ0n) is 20.8. The van der Waals surface area contributed by atoms with Gasteiger partial charge in [0.15, 0.2) is 11.9 Å². The Morgan fingerprint density at radius 3 is 2.33 bits per heavy atom. The molecule has 0 aliphatic heterocycles. The normalized spacial score (nSPS) is 12.2. The number of hydrogen-bond donors (Lipinski definition) is 1. The molecule has 8 nitrogen and oxygen atoms in total. The molecule has 1 unspecified atom stereocenters. The molecular formula is C27H21ClF4N4O4. The average molecular weight is 577 g/mol. The second-order valence-corrected chi connectivity index (χ2v) is 8.99. The topological polar surface area (TPSA) is 95.2 Å². The van der Waals surface area contributed by atoms with E-state index >= 15 is 0 Å². The summed E-state index contributed by atoms with van der Waals surface area (Å²) in [7, 11) is 0.963. The summed E-state index contributed by atoms with van der Waals surface area (Å²) in [6, 6.07) is 14.5. The minimum Gasteiger partial charge on any atom is -0.467 e. The van der Waals surface area contributed by atoms with E-state index in [0.717, 1.165) is 34.6 Å². The molecule has 1 atom stereocenters. The predicted molar refractivity (Wildman–Crippen MR) is 137 cm³/mol. The maximum absolute atomic E-state index is 14.4. The zero-order valence-corrected chi connectivity index (χ0v) is 21.5. The maximum Gasteiger partial charge on any atom is 0.416 e. The third-order valence-corrected chi connectivity index (χ3v) is 6.18. The number of benzene rings is 3. The van der Waals surface area contributed by atoms with E-state index in [-0.39, 0.29) is 17.9 Å². The van der Waals surface area contributed by atoms with Gasteiger partial charge in [0.2, 0.25) is 5.91 Å². The lowest BCUT2D eigenvalue weighted by Gasteiger charge is -2.21. The van der Waals surface area contributed by atoms with Crippen LogP contribution in [-0.2, 0) is 33.6 Å². The molecule has 0 bridgehead atoms. The Morgan fingerprint density at radius 2 is 1.68 bits per heavy atom. The van der Waals surface area contributed by atoms with E-state index in [2.05, 4.69) is 15.2 Å². The molecule has 0 aliphatic carbocycles. The van der Waals surface area contributed by atoms with E-state index in [1.807, 2.05) is 0 Å². The summed E-state index contributed by atoms with van der Waals surface area (Å²) in [5.74, 6) is -2.62. The number of alkyl halides is 3. The van der Waals surface area contributed by atoms with Crippen molar-refractivity contribution < 1.29 is 31.9 Å². The van der Waals surface area contributed by atoms with Crippen LogP contribution in [-0.4, -0.2) is 33.3 Å². The van der Waals surface area contributed by atoms with Crippen LogP contribution in [0.25, 0.3) is 11.4 Å². The lowest BCUT2D eigenvalue weighted by atomic mass is 9.99. The van der Waals surface area contributed by atoms with Crippen molar-refractivity contribution in [3.63, 3.8) is 0 Å². The summed E-state index contributed by atoms with van der Waals surface area (Å²) in [5, 5.41) is 6.84. The molecule has 0 spiro atoms. The highest BCUT2D eigenvalue weighted by Gasteiger charge is 2.37. The summed E-state index contributed by atoms with van der Waals surface area (Å²) >= 11 is 5.97. The van der Waals surface area contributed by atoms with E-state index in [4.69, 9.17) is 11.6 Å².